The van der Waals surface area contributed by atoms with Crippen molar-refractivity contribution >= 4 is 49.3 Å². The average molecular weight is 384 g/mol. The summed E-state index contributed by atoms with van der Waals surface area (Å²) in [6, 6.07) is 27.7. The van der Waals surface area contributed by atoms with Crippen LogP contribution < -0.4 is 0 Å². The lowest BCUT2D eigenvalue weighted by molar-refractivity contribution is 1.18. The van der Waals surface area contributed by atoms with Crippen molar-refractivity contribution in [1.29, 1.82) is 0 Å². The Labute approximate surface area is 171 Å². The molecule has 7 rings (SSSR count). The van der Waals surface area contributed by atoms with Crippen LogP contribution >= 0.6 is 0 Å². The molecule has 0 spiro atoms. The van der Waals surface area contributed by atoms with E-state index in [1.54, 1.807) is 0 Å². The van der Waals surface area contributed by atoms with Crippen molar-refractivity contribution in [1.82, 2.24) is 18.9 Å². The van der Waals surface area contributed by atoms with Gasteiger partial charge in [-0.1, -0.05) is 36.4 Å². The second-order valence-electron chi connectivity index (χ2n) is 7.56. The number of benzene rings is 3. The highest BCUT2D eigenvalue weighted by Crippen LogP contribution is 2.39. The molecule has 0 atom stereocenters. The van der Waals surface area contributed by atoms with Crippen LogP contribution in [0.3, 0.4) is 0 Å². The van der Waals surface area contributed by atoms with Crippen LogP contribution in [-0.4, -0.2) is 18.9 Å². The summed E-state index contributed by atoms with van der Waals surface area (Å²) in [5, 5.41) is 4.69. The molecule has 140 valence electrons. The number of para-hydroxylation sites is 2. The first-order valence-corrected chi connectivity index (χ1v) is 10.0. The Kier molecular flexibility index (Phi) is 2.97. The second kappa shape index (κ2) is 5.67. The number of hydrogen-bond donors (Lipinski definition) is 0. The van der Waals surface area contributed by atoms with Gasteiger partial charge >= 0.3 is 0 Å². The number of hydrogen-bond acceptors (Lipinski definition) is 2. The summed E-state index contributed by atoms with van der Waals surface area (Å²) in [7, 11) is 0. The van der Waals surface area contributed by atoms with Crippen molar-refractivity contribution in [2.24, 2.45) is 0 Å². The highest BCUT2D eigenvalue weighted by atomic mass is 15.0. The smallest absolute Gasteiger partial charge is 0.146 e. The highest BCUT2D eigenvalue weighted by Gasteiger charge is 2.18. The molecule has 3 aromatic carbocycles. The van der Waals surface area contributed by atoms with Gasteiger partial charge in [0.2, 0.25) is 0 Å². The maximum absolute atomic E-state index is 4.82. The van der Waals surface area contributed by atoms with Crippen molar-refractivity contribution in [2.75, 3.05) is 0 Å². The molecular weight excluding hydrogens is 368 g/mol. The van der Waals surface area contributed by atoms with Crippen LogP contribution in [0.4, 0.5) is 0 Å². The monoisotopic (exact) mass is 384 g/mol. The third-order valence-corrected chi connectivity index (χ3v) is 6.02. The lowest BCUT2D eigenvalue weighted by atomic mass is 10.0. The van der Waals surface area contributed by atoms with E-state index in [0.717, 1.165) is 27.8 Å². The maximum Gasteiger partial charge on any atom is 0.146 e. The van der Waals surface area contributed by atoms with Crippen LogP contribution in [0.2, 0.25) is 0 Å². The van der Waals surface area contributed by atoms with E-state index in [9.17, 15) is 0 Å². The topological polar surface area (TPSA) is 35.1 Å². The third kappa shape index (κ3) is 1.90. The van der Waals surface area contributed by atoms with Gasteiger partial charge in [0.25, 0.3) is 0 Å². The largest absolute Gasteiger partial charge is 0.309 e. The van der Waals surface area contributed by atoms with E-state index in [-0.39, 0.29) is 0 Å². The summed E-state index contributed by atoms with van der Waals surface area (Å²) in [6.07, 6.45) is 5.77. The van der Waals surface area contributed by atoms with E-state index < -0.39 is 0 Å². The fourth-order valence-electron chi connectivity index (χ4n) is 4.83. The molecule has 0 aliphatic heterocycles. The molecule has 0 saturated carbocycles. The lowest BCUT2D eigenvalue weighted by Gasteiger charge is -2.10. The molecule has 0 aliphatic carbocycles. The Morgan fingerprint density at radius 1 is 0.567 bits per heavy atom. The van der Waals surface area contributed by atoms with Gasteiger partial charge in [-0.15, -0.1) is 0 Å². The molecule has 0 aliphatic rings. The summed E-state index contributed by atoms with van der Waals surface area (Å²) in [6.45, 7) is 0. The van der Waals surface area contributed by atoms with Crippen molar-refractivity contribution in [3.63, 3.8) is 0 Å². The summed E-state index contributed by atoms with van der Waals surface area (Å²) < 4.78 is 4.52. The van der Waals surface area contributed by atoms with E-state index in [1.807, 2.05) is 24.7 Å². The van der Waals surface area contributed by atoms with Crippen LogP contribution in [0.15, 0.2) is 97.5 Å². The molecule has 4 aromatic heterocycles. The molecule has 0 amide bonds. The fourth-order valence-corrected chi connectivity index (χ4v) is 4.83. The van der Waals surface area contributed by atoms with E-state index in [0.29, 0.717) is 0 Å². The van der Waals surface area contributed by atoms with Gasteiger partial charge in [0.05, 0.1) is 22.1 Å². The standard InChI is InChI=1S/C26H16N4/c1-2-7-17(8-3-1)30-20-11-5-4-9-18(20)23-22(30)13-12-21-24(23)25-19(10-6-14-27-25)26-28-15-16-29(21)26/h1-16H. The zero-order valence-electron chi connectivity index (χ0n) is 16.0. The Hall–Kier alpha value is -4.18. The van der Waals surface area contributed by atoms with Crippen LogP contribution in [0.1, 0.15) is 0 Å². The Morgan fingerprint density at radius 3 is 2.30 bits per heavy atom. The van der Waals surface area contributed by atoms with Crippen molar-refractivity contribution in [2.45, 2.75) is 0 Å². The van der Waals surface area contributed by atoms with Gasteiger partial charge in [-0.25, -0.2) is 4.98 Å². The van der Waals surface area contributed by atoms with E-state index in [4.69, 9.17) is 4.98 Å². The van der Waals surface area contributed by atoms with Crippen LogP contribution in [-0.2, 0) is 0 Å². The van der Waals surface area contributed by atoms with Crippen LogP contribution in [0.25, 0.3) is 54.9 Å². The molecule has 4 heterocycles. The Bertz CT molecular complexity index is 1740. The molecular formula is C26H16N4. The fraction of sp³-hybridized carbons (Fsp3) is 0. The van der Waals surface area contributed by atoms with Gasteiger partial charge in [-0.2, -0.15) is 0 Å². The van der Waals surface area contributed by atoms with Crippen molar-refractivity contribution < 1.29 is 0 Å². The number of rotatable bonds is 1. The van der Waals surface area contributed by atoms with Crippen LogP contribution in [0, 0.1) is 0 Å². The molecule has 4 heteroatoms. The lowest BCUT2D eigenvalue weighted by Crippen LogP contribution is -1.95. The maximum atomic E-state index is 4.82. The second-order valence-corrected chi connectivity index (χ2v) is 7.56. The molecule has 0 N–H and O–H groups in total. The first kappa shape index (κ1) is 15.7. The minimum absolute atomic E-state index is 0.941. The first-order valence-electron chi connectivity index (χ1n) is 10.0. The van der Waals surface area contributed by atoms with Gasteiger partial charge < -0.3 is 4.57 Å². The summed E-state index contributed by atoms with van der Waals surface area (Å²) in [5.41, 5.74) is 6.59. The minimum Gasteiger partial charge on any atom is -0.309 e. The number of imidazole rings is 1. The van der Waals surface area contributed by atoms with Gasteiger partial charge in [-0.05, 0) is 42.5 Å². The average Bonchev–Trinajstić information content (AvgIpc) is 3.43. The molecule has 0 bridgehead atoms. The summed E-state index contributed by atoms with van der Waals surface area (Å²) in [4.78, 5) is 9.43. The summed E-state index contributed by atoms with van der Waals surface area (Å²) in [5.74, 6) is 0. The minimum atomic E-state index is 0.941. The van der Waals surface area contributed by atoms with Crippen molar-refractivity contribution in [3.05, 3.63) is 97.5 Å². The number of fused-ring (bicyclic) bond motifs is 10. The van der Waals surface area contributed by atoms with Gasteiger partial charge in [-0.3, -0.25) is 9.38 Å². The van der Waals surface area contributed by atoms with E-state index >= 15 is 0 Å². The molecule has 0 saturated heterocycles. The molecule has 0 radical (unpaired) electrons. The van der Waals surface area contributed by atoms with Crippen molar-refractivity contribution in [3.8, 4) is 5.69 Å². The molecule has 0 fully saturated rings. The predicted molar refractivity (Wildman–Crippen MR) is 122 cm³/mol. The van der Waals surface area contributed by atoms with Gasteiger partial charge in [0.15, 0.2) is 0 Å². The van der Waals surface area contributed by atoms with E-state index in [1.165, 1.54) is 27.2 Å². The third-order valence-electron chi connectivity index (χ3n) is 6.02. The summed E-state index contributed by atoms with van der Waals surface area (Å²) >= 11 is 0. The predicted octanol–water partition coefficient (Wildman–Crippen LogP) is 6.13. The number of nitrogens with zero attached hydrogens (tertiary/aromatic N) is 4. The Balaban J connectivity index is 1.83. The zero-order valence-corrected chi connectivity index (χ0v) is 16.0. The van der Waals surface area contributed by atoms with Gasteiger partial charge in [0, 0.05) is 45.8 Å². The van der Waals surface area contributed by atoms with E-state index in [2.05, 4.69) is 86.7 Å². The highest BCUT2D eigenvalue weighted by molar-refractivity contribution is 6.28. The molecule has 0 unspecified atom stereocenters. The van der Waals surface area contributed by atoms with Crippen LogP contribution in [0.5, 0.6) is 0 Å². The Morgan fingerprint density at radius 2 is 1.37 bits per heavy atom. The molecule has 4 nitrogen and oxygen atoms in total. The SMILES string of the molecule is c1ccc(-n2c3ccccc3c3c4c5ncccc5c5nccn5c4ccc32)cc1. The zero-order chi connectivity index (χ0) is 19.7. The number of pyridine rings is 2. The number of aromatic nitrogens is 4. The molecule has 7 aromatic rings. The quantitative estimate of drug-likeness (QED) is 0.319. The van der Waals surface area contributed by atoms with Gasteiger partial charge in [0.1, 0.15) is 5.65 Å². The normalized spacial score (nSPS) is 12.0. The first-order chi connectivity index (χ1) is 14.9. The molecule has 30 heavy (non-hydrogen) atoms.